The van der Waals surface area contributed by atoms with E-state index in [1.807, 2.05) is 59.9 Å². The summed E-state index contributed by atoms with van der Waals surface area (Å²) in [5.41, 5.74) is 2.62. The number of nitrogens with zero attached hydrogens (tertiary/aromatic N) is 4. The molecule has 2 heterocycles. The molecule has 0 aliphatic rings. The minimum atomic E-state index is -0.0993. The first-order valence-corrected chi connectivity index (χ1v) is 9.27. The number of methoxy groups -OCH3 is 1. The molecule has 0 saturated carbocycles. The van der Waals surface area contributed by atoms with Gasteiger partial charge in [-0.2, -0.15) is 0 Å². The van der Waals surface area contributed by atoms with Gasteiger partial charge >= 0.3 is 0 Å². The number of hydrogen-bond acceptors (Lipinski definition) is 5. The van der Waals surface area contributed by atoms with Crippen LogP contribution in [0.1, 0.15) is 5.56 Å². The molecule has 6 nitrogen and oxygen atoms in total. The van der Waals surface area contributed by atoms with Crippen LogP contribution in [0.3, 0.4) is 0 Å². The van der Waals surface area contributed by atoms with Crippen LogP contribution in [0.15, 0.2) is 58.5 Å². The largest absolute Gasteiger partial charge is 0.384 e. The summed E-state index contributed by atoms with van der Waals surface area (Å²) >= 11 is 1.56. The summed E-state index contributed by atoms with van der Waals surface area (Å²) in [6.45, 7) is 2.64. The second kappa shape index (κ2) is 6.93. The fraction of sp³-hybridized carbons (Fsp3) is 0.211. The molecular formula is C19H18N4O2S. The van der Waals surface area contributed by atoms with Crippen molar-refractivity contribution in [3.05, 3.63) is 64.4 Å². The lowest BCUT2D eigenvalue weighted by atomic mass is 10.2. The van der Waals surface area contributed by atoms with Crippen molar-refractivity contribution >= 4 is 28.4 Å². The fourth-order valence-electron chi connectivity index (χ4n) is 2.91. The summed E-state index contributed by atoms with van der Waals surface area (Å²) in [6.07, 6.45) is 0. The van der Waals surface area contributed by atoms with Crippen LogP contribution in [0, 0.1) is 6.92 Å². The molecule has 26 heavy (non-hydrogen) atoms. The first-order valence-electron chi connectivity index (χ1n) is 8.28. The second-order valence-electron chi connectivity index (χ2n) is 5.95. The number of para-hydroxylation sites is 1. The summed E-state index contributed by atoms with van der Waals surface area (Å²) in [6, 6.07) is 15.4. The highest BCUT2D eigenvalue weighted by Gasteiger charge is 2.17. The van der Waals surface area contributed by atoms with Crippen molar-refractivity contribution in [3.63, 3.8) is 0 Å². The second-order valence-corrected chi connectivity index (χ2v) is 7.01. The molecule has 0 N–H and O–H groups in total. The van der Waals surface area contributed by atoms with E-state index in [1.165, 1.54) is 0 Å². The number of aromatic nitrogens is 4. The van der Waals surface area contributed by atoms with Crippen LogP contribution in [0.2, 0.25) is 0 Å². The van der Waals surface area contributed by atoms with Gasteiger partial charge in [0.1, 0.15) is 0 Å². The minimum Gasteiger partial charge on any atom is -0.384 e. The highest BCUT2D eigenvalue weighted by Crippen LogP contribution is 2.23. The van der Waals surface area contributed by atoms with Gasteiger partial charge in [-0.3, -0.25) is 9.20 Å². The average Bonchev–Trinajstić information content (AvgIpc) is 3.07. The Hall–Kier alpha value is -2.64. The van der Waals surface area contributed by atoms with Crippen LogP contribution in [0.25, 0.3) is 22.4 Å². The third-order valence-corrected chi connectivity index (χ3v) is 5.10. The Bertz CT molecular complexity index is 1130. The van der Waals surface area contributed by atoms with Gasteiger partial charge < -0.3 is 4.74 Å². The Morgan fingerprint density at radius 2 is 1.85 bits per heavy atom. The summed E-state index contributed by atoms with van der Waals surface area (Å²) in [5, 5.41) is 10.0. The molecule has 0 aliphatic heterocycles. The number of rotatable bonds is 5. The van der Waals surface area contributed by atoms with E-state index in [2.05, 4.69) is 10.2 Å². The highest BCUT2D eigenvalue weighted by molar-refractivity contribution is 7.99. The van der Waals surface area contributed by atoms with Crippen LogP contribution in [0.4, 0.5) is 0 Å². The zero-order valence-electron chi connectivity index (χ0n) is 14.5. The first kappa shape index (κ1) is 16.8. The third kappa shape index (κ3) is 2.79. The number of aryl methyl sites for hydroxylation is 1. The Balaban J connectivity index is 2.03. The maximum absolute atomic E-state index is 13.2. The van der Waals surface area contributed by atoms with Gasteiger partial charge in [0, 0.05) is 12.9 Å². The summed E-state index contributed by atoms with van der Waals surface area (Å²) in [7, 11) is 1.67. The molecule has 0 radical (unpaired) electrons. The zero-order valence-corrected chi connectivity index (χ0v) is 15.4. The normalized spacial score (nSPS) is 11.5. The summed E-state index contributed by atoms with van der Waals surface area (Å²) in [5.74, 6) is 1.27. The maximum Gasteiger partial charge on any atom is 0.267 e. The van der Waals surface area contributed by atoms with Crippen molar-refractivity contribution in [2.24, 2.45) is 0 Å². The van der Waals surface area contributed by atoms with E-state index in [0.717, 1.165) is 27.7 Å². The molecule has 2 aromatic carbocycles. The molecule has 7 heteroatoms. The molecule has 4 aromatic rings. The van der Waals surface area contributed by atoms with Crippen molar-refractivity contribution in [1.29, 1.82) is 0 Å². The Morgan fingerprint density at radius 3 is 2.62 bits per heavy atom. The Kier molecular flexibility index (Phi) is 4.48. The molecule has 0 bridgehead atoms. The van der Waals surface area contributed by atoms with Crippen LogP contribution >= 0.6 is 11.8 Å². The highest BCUT2D eigenvalue weighted by atomic mass is 32.2. The summed E-state index contributed by atoms with van der Waals surface area (Å²) < 4.78 is 8.69. The van der Waals surface area contributed by atoms with Gasteiger partial charge in [-0.05, 0) is 31.2 Å². The molecule has 0 fully saturated rings. The SMILES string of the molecule is COCCSc1nnc2n(-c3ccc(C)cc3)c(=O)c3ccccc3n12. The molecular weight excluding hydrogens is 348 g/mol. The zero-order chi connectivity index (χ0) is 18.1. The van der Waals surface area contributed by atoms with Crippen molar-refractivity contribution in [2.45, 2.75) is 12.1 Å². The number of ether oxygens (including phenoxy) is 1. The van der Waals surface area contributed by atoms with Crippen molar-refractivity contribution < 1.29 is 4.74 Å². The number of hydrogen-bond donors (Lipinski definition) is 0. The van der Waals surface area contributed by atoms with Crippen molar-refractivity contribution in [2.75, 3.05) is 19.5 Å². The van der Waals surface area contributed by atoms with Gasteiger partial charge in [0.15, 0.2) is 5.16 Å². The third-order valence-electron chi connectivity index (χ3n) is 4.21. The first-order chi connectivity index (χ1) is 12.7. The van der Waals surface area contributed by atoms with Crippen LogP contribution in [0.5, 0.6) is 0 Å². The molecule has 0 unspecified atom stereocenters. The molecule has 0 aliphatic carbocycles. The van der Waals surface area contributed by atoms with Crippen molar-refractivity contribution in [3.8, 4) is 5.69 Å². The van der Waals surface area contributed by atoms with E-state index >= 15 is 0 Å². The molecule has 0 atom stereocenters. The quantitative estimate of drug-likeness (QED) is 0.401. The lowest BCUT2D eigenvalue weighted by Gasteiger charge is -2.11. The van der Waals surface area contributed by atoms with Crippen LogP contribution in [-0.4, -0.2) is 38.6 Å². The number of fused-ring (bicyclic) bond motifs is 3. The molecule has 132 valence electrons. The topological polar surface area (TPSA) is 61.4 Å². The lowest BCUT2D eigenvalue weighted by molar-refractivity contribution is 0.218. The van der Waals surface area contributed by atoms with E-state index in [0.29, 0.717) is 17.8 Å². The van der Waals surface area contributed by atoms with Gasteiger partial charge in [0.25, 0.3) is 5.56 Å². The van der Waals surface area contributed by atoms with E-state index < -0.39 is 0 Å². The maximum atomic E-state index is 13.2. The Labute approximate surface area is 154 Å². The predicted molar refractivity (Wildman–Crippen MR) is 103 cm³/mol. The van der Waals surface area contributed by atoms with Crippen molar-refractivity contribution in [1.82, 2.24) is 19.2 Å². The van der Waals surface area contributed by atoms with Gasteiger partial charge in [-0.15, -0.1) is 10.2 Å². The van der Waals surface area contributed by atoms with E-state index in [1.54, 1.807) is 23.4 Å². The van der Waals surface area contributed by atoms with E-state index in [9.17, 15) is 4.79 Å². The van der Waals surface area contributed by atoms with Gasteiger partial charge in [-0.1, -0.05) is 41.6 Å². The molecule has 0 spiro atoms. The molecule has 2 aromatic heterocycles. The van der Waals surface area contributed by atoms with Gasteiger partial charge in [0.05, 0.1) is 23.2 Å². The smallest absolute Gasteiger partial charge is 0.267 e. The average molecular weight is 366 g/mol. The lowest BCUT2D eigenvalue weighted by Crippen LogP contribution is -2.21. The number of benzene rings is 2. The number of thioether (sulfide) groups is 1. The van der Waals surface area contributed by atoms with E-state index in [-0.39, 0.29) is 5.56 Å². The van der Waals surface area contributed by atoms with Crippen LogP contribution < -0.4 is 5.56 Å². The standard InChI is InChI=1S/C19H18N4O2S/c1-13-7-9-14(10-8-13)22-17(24)15-5-3-4-6-16(15)23-18(22)20-21-19(23)26-12-11-25-2/h3-10H,11-12H2,1-2H3. The Morgan fingerprint density at radius 1 is 1.08 bits per heavy atom. The van der Waals surface area contributed by atoms with E-state index in [4.69, 9.17) is 4.74 Å². The molecule has 0 amide bonds. The fourth-order valence-corrected chi connectivity index (χ4v) is 3.76. The minimum absolute atomic E-state index is 0.0993. The summed E-state index contributed by atoms with van der Waals surface area (Å²) in [4.78, 5) is 13.2. The monoisotopic (exact) mass is 366 g/mol. The van der Waals surface area contributed by atoms with Gasteiger partial charge in [-0.25, -0.2) is 4.57 Å². The molecule has 0 saturated heterocycles. The molecule has 4 rings (SSSR count). The predicted octanol–water partition coefficient (Wildman–Crippen LogP) is 3.08. The van der Waals surface area contributed by atoms with Crippen LogP contribution in [-0.2, 0) is 4.74 Å². The van der Waals surface area contributed by atoms with Gasteiger partial charge in [0.2, 0.25) is 5.78 Å².